The molecule has 0 saturated carbocycles. The Labute approximate surface area is 345 Å². The van der Waals surface area contributed by atoms with Gasteiger partial charge in [0.2, 0.25) is 11.8 Å². The van der Waals surface area contributed by atoms with Gasteiger partial charge in [0, 0.05) is 80.1 Å². The number of pyridine rings is 3. The Morgan fingerprint density at radius 2 is 1.26 bits per heavy atom. The SMILES string of the molecule is Cc1cccc(-c2cc3nccnc3c(OC[C@H]3CCCNC3)n2)c1.Cl.Cl.c1cnc2c(OC[C@H]3CCCNC3)nc(-c3ccc(N4CCOCC4)nc3)cc2n1. The quantitative estimate of drug-likeness (QED) is 0.164. The molecule has 0 aliphatic carbocycles. The van der Waals surface area contributed by atoms with Crippen molar-refractivity contribution in [2.75, 3.05) is 70.6 Å². The van der Waals surface area contributed by atoms with Gasteiger partial charge in [0.15, 0.2) is 11.0 Å². The Bertz CT molecular complexity index is 2180. The Hall–Kier alpha value is -4.79. The molecule has 2 atom stereocenters. The number of nitrogens with one attached hydrogen (secondary N) is 2. The minimum absolute atomic E-state index is 0. The van der Waals surface area contributed by atoms with Gasteiger partial charge in [-0.05, 0) is 76.0 Å². The van der Waals surface area contributed by atoms with Gasteiger partial charge in [-0.25, -0.2) is 24.9 Å². The van der Waals surface area contributed by atoms with E-state index < -0.39 is 0 Å². The molecule has 6 aromatic rings. The molecule has 0 radical (unpaired) electrons. The monoisotopic (exact) mass is 812 g/mol. The number of morpholine rings is 1. The highest BCUT2D eigenvalue weighted by atomic mass is 35.5. The van der Waals surface area contributed by atoms with Gasteiger partial charge < -0.3 is 29.7 Å². The van der Waals surface area contributed by atoms with E-state index in [0.29, 0.717) is 42.3 Å². The number of anilines is 1. The third-order valence-corrected chi connectivity index (χ3v) is 10.3. The van der Waals surface area contributed by atoms with Crippen molar-refractivity contribution in [2.24, 2.45) is 11.8 Å². The predicted molar refractivity (Wildman–Crippen MR) is 228 cm³/mol. The molecule has 13 nitrogen and oxygen atoms in total. The topological polar surface area (TPSA) is 145 Å². The summed E-state index contributed by atoms with van der Waals surface area (Å²) in [6.07, 6.45) is 13.4. The highest BCUT2D eigenvalue weighted by Crippen LogP contribution is 2.30. The second-order valence-electron chi connectivity index (χ2n) is 14.4. The number of aryl methyl sites for hydroxylation is 1. The molecule has 0 amide bonds. The predicted octanol–water partition coefficient (Wildman–Crippen LogP) is 6.52. The largest absolute Gasteiger partial charge is 0.476 e. The van der Waals surface area contributed by atoms with Crippen molar-refractivity contribution in [1.29, 1.82) is 0 Å². The zero-order valence-electron chi connectivity index (χ0n) is 32.2. The molecule has 8 heterocycles. The lowest BCUT2D eigenvalue weighted by molar-refractivity contribution is 0.122. The fraction of sp³-hybridized carbons (Fsp3) is 0.405. The first kappa shape index (κ1) is 41.8. The van der Waals surface area contributed by atoms with Crippen molar-refractivity contribution >= 4 is 52.7 Å². The summed E-state index contributed by atoms with van der Waals surface area (Å²) >= 11 is 0. The van der Waals surface area contributed by atoms with Crippen molar-refractivity contribution in [3.8, 4) is 34.3 Å². The molecule has 0 unspecified atom stereocenters. The van der Waals surface area contributed by atoms with Gasteiger partial charge in [-0.1, -0.05) is 23.8 Å². The van der Waals surface area contributed by atoms with Gasteiger partial charge in [-0.3, -0.25) is 9.97 Å². The van der Waals surface area contributed by atoms with E-state index in [9.17, 15) is 0 Å². The number of rotatable bonds is 9. The van der Waals surface area contributed by atoms with Gasteiger partial charge in [-0.2, -0.15) is 0 Å². The van der Waals surface area contributed by atoms with Crippen LogP contribution in [0, 0.1) is 18.8 Å². The van der Waals surface area contributed by atoms with Crippen LogP contribution in [0.3, 0.4) is 0 Å². The van der Waals surface area contributed by atoms with Crippen LogP contribution >= 0.6 is 24.8 Å². The zero-order chi connectivity index (χ0) is 37.2. The van der Waals surface area contributed by atoms with Gasteiger partial charge in [-0.15, -0.1) is 24.8 Å². The highest BCUT2D eigenvalue weighted by Gasteiger charge is 2.19. The van der Waals surface area contributed by atoms with Crippen LogP contribution in [0.25, 0.3) is 44.6 Å². The maximum absolute atomic E-state index is 6.14. The average molecular weight is 814 g/mol. The number of ether oxygens (including phenoxy) is 3. The number of nitrogens with zero attached hydrogens (tertiary/aromatic N) is 8. The molecule has 5 aromatic heterocycles. The second-order valence-corrected chi connectivity index (χ2v) is 14.4. The fourth-order valence-electron chi connectivity index (χ4n) is 7.23. The van der Waals surface area contributed by atoms with E-state index in [0.717, 1.165) is 97.4 Å². The van der Waals surface area contributed by atoms with Crippen molar-refractivity contribution in [2.45, 2.75) is 32.6 Å². The van der Waals surface area contributed by atoms with Crippen LogP contribution in [0.5, 0.6) is 11.8 Å². The normalized spacial score (nSPS) is 18.1. The highest BCUT2D eigenvalue weighted by molar-refractivity contribution is 5.86. The molecule has 1 aromatic carbocycles. The van der Waals surface area contributed by atoms with E-state index in [1.165, 1.54) is 31.2 Å². The van der Waals surface area contributed by atoms with E-state index in [-0.39, 0.29) is 24.8 Å². The van der Waals surface area contributed by atoms with Crippen LogP contribution in [-0.4, -0.2) is 101 Å². The summed E-state index contributed by atoms with van der Waals surface area (Å²) in [5.74, 6) is 3.09. The maximum Gasteiger partial charge on any atom is 0.242 e. The van der Waals surface area contributed by atoms with E-state index in [2.05, 4.69) is 71.6 Å². The molecule has 3 fully saturated rings. The molecule has 57 heavy (non-hydrogen) atoms. The third-order valence-electron chi connectivity index (χ3n) is 10.3. The van der Waals surface area contributed by atoms with Crippen molar-refractivity contribution in [3.05, 3.63) is 85.1 Å². The number of hydrogen-bond acceptors (Lipinski definition) is 13. The fourth-order valence-corrected chi connectivity index (χ4v) is 7.23. The Morgan fingerprint density at radius 3 is 1.79 bits per heavy atom. The van der Waals surface area contributed by atoms with E-state index >= 15 is 0 Å². The lowest BCUT2D eigenvalue weighted by Gasteiger charge is -2.27. The van der Waals surface area contributed by atoms with Crippen molar-refractivity contribution < 1.29 is 14.2 Å². The van der Waals surface area contributed by atoms with Gasteiger partial charge in [0.1, 0.15) is 5.82 Å². The van der Waals surface area contributed by atoms with Crippen LogP contribution in [0.4, 0.5) is 5.82 Å². The van der Waals surface area contributed by atoms with E-state index in [4.69, 9.17) is 24.2 Å². The third kappa shape index (κ3) is 10.8. The number of piperidine rings is 2. The van der Waals surface area contributed by atoms with Crippen LogP contribution < -0.4 is 25.0 Å². The Morgan fingerprint density at radius 1 is 0.684 bits per heavy atom. The molecular weight excluding hydrogens is 763 g/mol. The summed E-state index contributed by atoms with van der Waals surface area (Å²) in [7, 11) is 0. The molecule has 3 aliphatic rings. The standard InChI is InChI=1S/C22H26N6O2.C20H22N4O.2ClH/c1-2-16(13-23-5-1)15-30-22-21-19(24-6-7-25-21)12-18(27-22)17-3-4-20(26-14-17)28-8-10-29-11-9-28;1-14-4-2-6-16(10-14)17-11-18-19(23-9-8-22-18)20(24-17)25-13-15-5-3-7-21-12-15;;/h3-4,6-7,12,14,16,23H,1-2,5,8-11,13,15H2;2,4,6,8-11,15,21H,3,5,7,12-13H2,1H3;2*1H/t16-;15-;;/m00../s1. The minimum Gasteiger partial charge on any atom is -0.476 e. The Kier molecular flexibility index (Phi) is 15.1. The first-order valence-corrected chi connectivity index (χ1v) is 19.4. The average Bonchev–Trinajstić information content (AvgIpc) is 3.26. The first-order valence-electron chi connectivity index (χ1n) is 19.4. The molecule has 3 aliphatic heterocycles. The van der Waals surface area contributed by atoms with E-state index in [1.807, 2.05) is 30.5 Å². The number of benzene rings is 1. The lowest BCUT2D eigenvalue weighted by atomic mass is 10.0. The lowest BCUT2D eigenvalue weighted by Crippen LogP contribution is -2.36. The van der Waals surface area contributed by atoms with Gasteiger partial charge in [0.05, 0.1) is 48.8 Å². The van der Waals surface area contributed by atoms with Crippen LogP contribution in [0.1, 0.15) is 31.2 Å². The number of fused-ring (bicyclic) bond motifs is 2. The van der Waals surface area contributed by atoms with Crippen molar-refractivity contribution in [3.63, 3.8) is 0 Å². The summed E-state index contributed by atoms with van der Waals surface area (Å²) < 4.78 is 17.7. The maximum atomic E-state index is 6.14. The van der Waals surface area contributed by atoms with Crippen molar-refractivity contribution in [1.82, 2.24) is 45.5 Å². The molecule has 15 heteroatoms. The first-order chi connectivity index (χ1) is 27.2. The van der Waals surface area contributed by atoms with Crippen LogP contribution in [0.2, 0.25) is 0 Å². The Balaban J connectivity index is 0.000000189. The summed E-state index contributed by atoms with van der Waals surface area (Å²) in [6, 6.07) is 16.3. The van der Waals surface area contributed by atoms with Crippen LogP contribution in [0.15, 0.2) is 79.5 Å². The summed E-state index contributed by atoms with van der Waals surface area (Å²) in [5, 5.41) is 6.85. The second kappa shape index (κ2) is 20.6. The summed E-state index contributed by atoms with van der Waals surface area (Å²) in [4.78, 5) is 34.2. The molecule has 9 rings (SSSR count). The van der Waals surface area contributed by atoms with Crippen LogP contribution in [-0.2, 0) is 4.74 Å². The van der Waals surface area contributed by atoms with Gasteiger partial charge in [0.25, 0.3) is 0 Å². The number of aromatic nitrogens is 7. The molecule has 300 valence electrons. The van der Waals surface area contributed by atoms with E-state index in [1.54, 1.807) is 24.8 Å². The molecule has 3 saturated heterocycles. The minimum atomic E-state index is 0. The van der Waals surface area contributed by atoms with Gasteiger partial charge >= 0.3 is 0 Å². The molecule has 2 N–H and O–H groups in total. The number of hydrogen-bond donors (Lipinski definition) is 2. The summed E-state index contributed by atoms with van der Waals surface area (Å²) in [6.45, 7) is 10.8. The smallest absolute Gasteiger partial charge is 0.242 e. The molecule has 0 bridgehead atoms. The summed E-state index contributed by atoms with van der Waals surface area (Å²) in [5.41, 5.74) is 7.87. The molecule has 0 spiro atoms. The number of halogens is 2. The zero-order valence-corrected chi connectivity index (χ0v) is 33.8. The molecular formula is C42H50Cl2N10O3.